The summed E-state index contributed by atoms with van der Waals surface area (Å²) in [5.41, 5.74) is 5.20. The molecule has 1 aliphatic rings. The molecule has 0 aliphatic heterocycles. The molecule has 1 fully saturated rings. The van der Waals surface area contributed by atoms with Crippen LogP contribution in [0.4, 0.5) is 31.8 Å². The highest BCUT2D eigenvalue weighted by atomic mass is 19.1. The number of carbonyl (C=O) groups excluding carboxylic acids is 1. The number of nitrogens with one attached hydrogen (secondary N) is 3. The minimum atomic E-state index is -1.06. The van der Waals surface area contributed by atoms with Crippen molar-refractivity contribution in [3.05, 3.63) is 144 Å². The van der Waals surface area contributed by atoms with Crippen LogP contribution in [0.3, 0.4) is 0 Å². The summed E-state index contributed by atoms with van der Waals surface area (Å²) < 4.78 is 31.8. The molecular formula is C39H29F2N7O3. The van der Waals surface area contributed by atoms with Crippen LogP contribution in [0.2, 0.25) is 0 Å². The molecule has 4 aromatic heterocycles. The van der Waals surface area contributed by atoms with Crippen LogP contribution in [-0.4, -0.2) is 41.8 Å². The first-order chi connectivity index (χ1) is 24.9. The lowest BCUT2D eigenvalue weighted by Gasteiger charge is -2.13. The van der Waals surface area contributed by atoms with E-state index in [9.17, 15) is 23.5 Å². The zero-order chi connectivity index (χ0) is 35.1. The summed E-state index contributed by atoms with van der Waals surface area (Å²) in [6.45, 7) is 0. The van der Waals surface area contributed by atoms with Gasteiger partial charge in [-0.1, -0.05) is 36.4 Å². The molecule has 1 amide bonds. The fourth-order valence-electron chi connectivity index (χ4n) is 6.00. The summed E-state index contributed by atoms with van der Waals surface area (Å²) in [6.07, 6.45) is 5.77. The van der Waals surface area contributed by atoms with E-state index in [1.54, 1.807) is 54.6 Å². The van der Waals surface area contributed by atoms with Gasteiger partial charge in [0, 0.05) is 18.4 Å². The number of fused-ring (bicyclic) bond motifs is 6. The first-order valence-corrected chi connectivity index (χ1v) is 16.2. The van der Waals surface area contributed by atoms with Crippen molar-refractivity contribution in [2.24, 2.45) is 0 Å². The predicted octanol–water partition coefficient (Wildman–Crippen LogP) is 8.33. The highest BCUT2D eigenvalue weighted by molar-refractivity contribution is 6.06. The lowest BCUT2D eigenvalue weighted by molar-refractivity contribution is 0.0698. The van der Waals surface area contributed by atoms with Crippen molar-refractivity contribution in [3.8, 4) is 0 Å². The SMILES string of the molecule is O=C(NC1CC1)c1cccc2c1nc(Nc1ccccc1F)c1cccn12.O=C(O)c1cccc2c1nc(Nc1ccccc1F)c1cccn12. The van der Waals surface area contributed by atoms with Gasteiger partial charge >= 0.3 is 5.97 Å². The van der Waals surface area contributed by atoms with E-state index < -0.39 is 11.8 Å². The van der Waals surface area contributed by atoms with Gasteiger partial charge in [-0.25, -0.2) is 23.5 Å². The second-order valence-corrected chi connectivity index (χ2v) is 12.1. The maximum absolute atomic E-state index is 14.1. The van der Waals surface area contributed by atoms with Crippen molar-refractivity contribution in [2.45, 2.75) is 18.9 Å². The van der Waals surface area contributed by atoms with Gasteiger partial charge in [0.1, 0.15) is 22.7 Å². The Balaban J connectivity index is 0.000000148. The Morgan fingerprint density at radius 3 is 1.57 bits per heavy atom. The van der Waals surface area contributed by atoms with E-state index >= 15 is 0 Å². The van der Waals surface area contributed by atoms with Crippen molar-refractivity contribution in [1.29, 1.82) is 0 Å². The van der Waals surface area contributed by atoms with Gasteiger partial charge in [-0.05, 0) is 85.6 Å². The molecular weight excluding hydrogens is 652 g/mol. The van der Waals surface area contributed by atoms with Crippen molar-refractivity contribution >= 4 is 68.0 Å². The molecule has 4 heterocycles. The van der Waals surface area contributed by atoms with Crippen molar-refractivity contribution in [3.63, 3.8) is 0 Å². The molecule has 8 aromatic rings. The Labute approximate surface area is 289 Å². The van der Waals surface area contributed by atoms with Crippen molar-refractivity contribution < 1.29 is 23.5 Å². The van der Waals surface area contributed by atoms with Crippen LogP contribution in [-0.2, 0) is 0 Å². The van der Waals surface area contributed by atoms with E-state index in [1.807, 2.05) is 57.6 Å². The molecule has 9 rings (SSSR count). The van der Waals surface area contributed by atoms with Gasteiger partial charge in [-0.15, -0.1) is 0 Å². The summed E-state index contributed by atoms with van der Waals surface area (Å²) in [6, 6.07) is 31.0. The molecule has 0 spiro atoms. The molecule has 1 saturated carbocycles. The lowest BCUT2D eigenvalue weighted by Crippen LogP contribution is -2.25. The molecule has 4 aromatic carbocycles. The number of amides is 1. The molecule has 12 heteroatoms. The number of anilines is 4. The average Bonchev–Trinajstić information content (AvgIpc) is 3.56. The predicted molar refractivity (Wildman–Crippen MR) is 192 cm³/mol. The molecule has 252 valence electrons. The fourth-order valence-corrected chi connectivity index (χ4v) is 6.00. The number of halogens is 2. The van der Waals surface area contributed by atoms with E-state index in [0.29, 0.717) is 39.4 Å². The first-order valence-electron chi connectivity index (χ1n) is 16.2. The number of nitrogens with zero attached hydrogens (tertiary/aromatic N) is 4. The summed E-state index contributed by atoms with van der Waals surface area (Å²) >= 11 is 0. The number of aromatic carboxylic acids is 1. The number of para-hydroxylation sites is 4. The number of benzene rings is 4. The van der Waals surface area contributed by atoms with E-state index in [0.717, 1.165) is 29.4 Å². The molecule has 0 bridgehead atoms. The van der Waals surface area contributed by atoms with E-state index in [4.69, 9.17) is 4.98 Å². The Hall–Kier alpha value is -6.82. The van der Waals surface area contributed by atoms with Gasteiger partial charge in [0.25, 0.3) is 5.91 Å². The van der Waals surface area contributed by atoms with Crippen LogP contribution < -0.4 is 16.0 Å². The standard InChI is InChI=1S/C21H17FN4O.C18H12FN3O2/c22-15-6-1-2-7-16(15)24-20-18-9-4-12-26(18)17-8-3-5-14(19(17)25-20)21(27)23-13-10-11-13;19-12-6-1-2-7-13(12)20-17-15-9-4-10-22(15)14-8-3-5-11(18(23)24)16(14)21-17/h1-9,12-13H,10-11H2,(H,23,27)(H,24,25);1-10H,(H,20,21)(H,23,24). The van der Waals surface area contributed by atoms with Crippen LogP contribution >= 0.6 is 0 Å². The van der Waals surface area contributed by atoms with E-state index in [1.165, 1.54) is 18.2 Å². The highest BCUT2D eigenvalue weighted by Crippen LogP contribution is 2.30. The smallest absolute Gasteiger partial charge is 0.337 e. The maximum atomic E-state index is 14.1. The molecule has 51 heavy (non-hydrogen) atoms. The van der Waals surface area contributed by atoms with Crippen LogP contribution in [0.1, 0.15) is 33.6 Å². The van der Waals surface area contributed by atoms with Crippen LogP contribution in [0.5, 0.6) is 0 Å². The molecule has 0 saturated heterocycles. The van der Waals surface area contributed by atoms with Crippen LogP contribution in [0, 0.1) is 11.6 Å². The van der Waals surface area contributed by atoms with Gasteiger partial charge in [-0.2, -0.15) is 0 Å². The molecule has 10 nitrogen and oxygen atoms in total. The first kappa shape index (κ1) is 31.4. The summed E-state index contributed by atoms with van der Waals surface area (Å²) in [7, 11) is 0. The van der Waals surface area contributed by atoms with E-state index in [-0.39, 0.29) is 29.0 Å². The van der Waals surface area contributed by atoms with Crippen LogP contribution in [0.15, 0.2) is 122 Å². The van der Waals surface area contributed by atoms with Gasteiger partial charge in [-0.3, -0.25) is 4.79 Å². The summed E-state index contributed by atoms with van der Waals surface area (Å²) in [5.74, 6) is -1.05. The lowest BCUT2D eigenvalue weighted by atomic mass is 10.1. The Morgan fingerprint density at radius 2 is 1.08 bits per heavy atom. The molecule has 1 aliphatic carbocycles. The number of carboxylic acids is 1. The molecule has 4 N–H and O–H groups in total. The Bertz CT molecular complexity index is 2630. The number of carbonyl (C=O) groups is 2. The second-order valence-electron chi connectivity index (χ2n) is 12.1. The monoisotopic (exact) mass is 681 g/mol. The topological polar surface area (TPSA) is 125 Å². The Kier molecular flexibility index (Phi) is 7.95. The zero-order valence-electron chi connectivity index (χ0n) is 26.8. The average molecular weight is 682 g/mol. The van der Waals surface area contributed by atoms with Gasteiger partial charge < -0.3 is 29.9 Å². The molecule has 0 radical (unpaired) electrons. The number of carboxylic acid groups (broad SMARTS) is 1. The second kappa shape index (κ2) is 12.9. The maximum Gasteiger partial charge on any atom is 0.337 e. The summed E-state index contributed by atoms with van der Waals surface area (Å²) in [5, 5.41) is 18.4. The zero-order valence-corrected chi connectivity index (χ0v) is 26.8. The third-order valence-electron chi connectivity index (χ3n) is 8.62. The van der Waals surface area contributed by atoms with Gasteiger partial charge in [0.15, 0.2) is 11.6 Å². The Morgan fingerprint density at radius 1 is 0.608 bits per heavy atom. The largest absolute Gasteiger partial charge is 0.478 e. The van der Waals surface area contributed by atoms with Crippen molar-refractivity contribution in [1.82, 2.24) is 24.1 Å². The van der Waals surface area contributed by atoms with Crippen molar-refractivity contribution in [2.75, 3.05) is 10.6 Å². The number of hydrogen-bond donors (Lipinski definition) is 4. The third-order valence-corrected chi connectivity index (χ3v) is 8.62. The number of hydrogen-bond acceptors (Lipinski definition) is 6. The minimum Gasteiger partial charge on any atom is -0.478 e. The fraction of sp³-hybridized carbons (Fsp3) is 0.0769. The number of rotatable bonds is 7. The van der Waals surface area contributed by atoms with E-state index in [2.05, 4.69) is 20.9 Å². The van der Waals surface area contributed by atoms with Gasteiger partial charge in [0.05, 0.1) is 44.6 Å². The summed E-state index contributed by atoms with van der Waals surface area (Å²) in [4.78, 5) is 33.3. The van der Waals surface area contributed by atoms with Crippen LogP contribution in [0.25, 0.3) is 33.1 Å². The molecule has 0 unspecified atom stereocenters. The van der Waals surface area contributed by atoms with Gasteiger partial charge in [0.2, 0.25) is 0 Å². The minimum absolute atomic E-state index is 0.0969. The highest BCUT2D eigenvalue weighted by Gasteiger charge is 2.25. The molecule has 0 atom stereocenters. The quantitative estimate of drug-likeness (QED) is 0.133. The number of aromatic nitrogens is 4. The normalized spacial score (nSPS) is 12.5. The third kappa shape index (κ3) is 6.03.